The van der Waals surface area contributed by atoms with Gasteiger partial charge in [0.2, 0.25) is 0 Å². The molecule has 1 fully saturated rings. The molecule has 162 valence electrons. The van der Waals surface area contributed by atoms with Crippen LogP contribution in [0.2, 0.25) is 0 Å². The molecule has 0 bridgehead atoms. The Bertz CT molecular complexity index is 994. The number of ether oxygens (including phenoxy) is 2. The van der Waals surface area contributed by atoms with Gasteiger partial charge in [-0.15, -0.1) is 0 Å². The van der Waals surface area contributed by atoms with Crippen molar-refractivity contribution in [1.29, 1.82) is 5.26 Å². The summed E-state index contributed by atoms with van der Waals surface area (Å²) in [5, 5.41) is 16.1. The van der Waals surface area contributed by atoms with Crippen LogP contribution in [0, 0.1) is 22.7 Å². The summed E-state index contributed by atoms with van der Waals surface area (Å²) in [6.07, 6.45) is 0.935. The fourth-order valence-corrected chi connectivity index (χ4v) is 4.71. The van der Waals surface area contributed by atoms with E-state index in [1.54, 1.807) is 12.1 Å². The minimum atomic E-state index is -0.205. The number of nitrogens with zero attached hydrogens (tertiary/aromatic N) is 1. The standard InChI is InChI=1S/C25H29N3O3/c1-4-30-18-8-6-17(7-9-18)24(29)27-15-25(2,3)23-19-11-12-31-22(19)20-13-16(14-26)5-10-21(20)28-23/h5-10,13,19,22-23,28H,4,11-12,15H2,1-3H3,(H,27,29)/t19-,22+,23+/m1/s1. The number of amides is 1. The molecule has 2 aliphatic heterocycles. The van der Waals surface area contributed by atoms with Crippen molar-refractivity contribution >= 4 is 11.6 Å². The number of nitrogens with one attached hydrogen (secondary N) is 2. The van der Waals surface area contributed by atoms with Gasteiger partial charge in [-0.1, -0.05) is 13.8 Å². The van der Waals surface area contributed by atoms with E-state index in [0.717, 1.165) is 23.4 Å². The lowest BCUT2D eigenvalue weighted by atomic mass is 9.71. The number of hydrogen-bond donors (Lipinski definition) is 2. The first-order valence-electron chi connectivity index (χ1n) is 10.9. The first kappa shape index (κ1) is 21.2. The van der Waals surface area contributed by atoms with Crippen LogP contribution in [0.4, 0.5) is 5.69 Å². The maximum Gasteiger partial charge on any atom is 0.251 e. The van der Waals surface area contributed by atoms with Crippen LogP contribution in [-0.2, 0) is 4.74 Å². The van der Waals surface area contributed by atoms with E-state index >= 15 is 0 Å². The van der Waals surface area contributed by atoms with Gasteiger partial charge in [0.15, 0.2) is 0 Å². The van der Waals surface area contributed by atoms with Gasteiger partial charge in [0.25, 0.3) is 5.91 Å². The minimum Gasteiger partial charge on any atom is -0.494 e. The number of fused-ring (bicyclic) bond motifs is 3. The summed E-state index contributed by atoms with van der Waals surface area (Å²) in [7, 11) is 0. The summed E-state index contributed by atoms with van der Waals surface area (Å²) in [6.45, 7) is 8.12. The average molecular weight is 420 g/mol. The smallest absolute Gasteiger partial charge is 0.251 e. The highest BCUT2D eigenvalue weighted by Crippen LogP contribution is 2.48. The van der Waals surface area contributed by atoms with Gasteiger partial charge >= 0.3 is 0 Å². The Morgan fingerprint density at radius 1 is 1.29 bits per heavy atom. The molecule has 6 nitrogen and oxygen atoms in total. The normalized spacial score (nSPS) is 21.9. The van der Waals surface area contributed by atoms with Gasteiger partial charge in [0.1, 0.15) is 5.75 Å². The highest BCUT2D eigenvalue weighted by atomic mass is 16.5. The van der Waals surface area contributed by atoms with Gasteiger partial charge < -0.3 is 20.1 Å². The van der Waals surface area contributed by atoms with Gasteiger partial charge in [-0.25, -0.2) is 0 Å². The van der Waals surface area contributed by atoms with Crippen LogP contribution in [0.5, 0.6) is 5.75 Å². The van der Waals surface area contributed by atoms with Crippen molar-refractivity contribution < 1.29 is 14.3 Å². The molecular formula is C25H29N3O3. The molecule has 2 N–H and O–H groups in total. The second kappa shape index (κ2) is 8.60. The summed E-state index contributed by atoms with van der Waals surface area (Å²) in [6, 6.07) is 15.3. The van der Waals surface area contributed by atoms with E-state index in [-0.39, 0.29) is 23.5 Å². The van der Waals surface area contributed by atoms with Crippen molar-refractivity contribution in [2.24, 2.45) is 11.3 Å². The Labute approximate surface area is 183 Å². The second-order valence-corrected chi connectivity index (χ2v) is 8.91. The van der Waals surface area contributed by atoms with Crippen LogP contribution >= 0.6 is 0 Å². The zero-order valence-corrected chi connectivity index (χ0v) is 18.3. The Morgan fingerprint density at radius 2 is 2.06 bits per heavy atom. The molecule has 0 unspecified atom stereocenters. The summed E-state index contributed by atoms with van der Waals surface area (Å²) < 4.78 is 11.5. The van der Waals surface area contributed by atoms with Gasteiger partial charge in [-0.3, -0.25) is 4.79 Å². The van der Waals surface area contributed by atoms with Crippen molar-refractivity contribution in [3.05, 3.63) is 59.2 Å². The van der Waals surface area contributed by atoms with Gasteiger partial charge in [0, 0.05) is 47.3 Å². The molecule has 6 heteroatoms. The zero-order chi connectivity index (χ0) is 22.0. The van der Waals surface area contributed by atoms with E-state index in [0.29, 0.717) is 36.8 Å². The SMILES string of the molecule is CCOc1ccc(C(=O)NCC(C)(C)[C@H]2Nc3ccc(C#N)cc3[C@H]3OCC[C@H]32)cc1. The van der Waals surface area contributed by atoms with Crippen molar-refractivity contribution in [3.8, 4) is 11.8 Å². The molecule has 31 heavy (non-hydrogen) atoms. The van der Waals surface area contributed by atoms with E-state index in [9.17, 15) is 10.1 Å². The number of carbonyl (C=O) groups is 1. The maximum absolute atomic E-state index is 12.7. The number of rotatable bonds is 6. The van der Waals surface area contributed by atoms with Crippen molar-refractivity contribution in [2.75, 3.05) is 25.1 Å². The fraction of sp³-hybridized carbons (Fsp3) is 0.440. The highest BCUT2D eigenvalue weighted by molar-refractivity contribution is 5.94. The van der Waals surface area contributed by atoms with E-state index in [4.69, 9.17) is 9.47 Å². The summed E-state index contributed by atoms with van der Waals surface area (Å²) in [5.41, 5.74) is 3.14. The van der Waals surface area contributed by atoms with Crippen LogP contribution in [0.25, 0.3) is 0 Å². The van der Waals surface area contributed by atoms with Crippen LogP contribution < -0.4 is 15.4 Å². The highest BCUT2D eigenvalue weighted by Gasteiger charge is 2.46. The Hall–Kier alpha value is -3.04. The summed E-state index contributed by atoms with van der Waals surface area (Å²) in [4.78, 5) is 12.7. The molecule has 2 heterocycles. The summed E-state index contributed by atoms with van der Waals surface area (Å²) in [5.74, 6) is 0.959. The topological polar surface area (TPSA) is 83.4 Å². The van der Waals surface area contributed by atoms with Crippen LogP contribution in [0.3, 0.4) is 0 Å². The lowest BCUT2D eigenvalue weighted by Crippen LogP contribution is -2.51. The monoisotopic (exact) mass is 419 g/mol. The molecule has 1 saturated heterocycles. The van der Waals surface area contributed by atoms with E-state index in [1.807, 2.05) is 37.3 Å². The lowest BCUT2D eigenvalue weighted by Gasteiger charge is -2.45. The quantitative estimate of drug-likeness (QED) is 0.730. The molecule has 2 aliphatic rings. The number of hydrogen-bond acceptors (Lipinski definition) is 5. The van der Waals surface area contributed by atoms with Crippen LogP contribution in [0.15, 0.2) is 42.5 Å². The molecule has 4 rings (SSSR count). The number of carbonyl (C=O) groups excluding carboxylic acids is 1. The molecule has 1 amide bonds. The van der Waals surface area contributed by atoms with Gasteiger partial charge in [-0.2, -0.15) is 5.26 Å². The molecule has 0 saturated carbocycles. The Balaban J connectivity index is 1.47. The first-order valence-corrected chi connectivity index (χ1v) is 10.9. The van der Waals surface area contributed by atoms with E-state index < -0.39 is 0 Å². The predicted molar refractivity (Wildman–Crippen MR) is 119 cm³/mol. The average Bonchev–Trinajstić information content (AvgIpc) is 3.27. The predicted octanol–water partition coefficient (Wildman–Crippen LogP) is 4.28. The van der Waals surface area contributed by atoms with Crippen molar-refractivity contribution in [1.82, 2.24) is 5.32 Å². The fourth-order valence-electron chi connectivity index (χ4n) is 4.71. The number of nitriles is 1. The van der Waals surface area contributed by atoms with Crippen molar-refractivity contribution in [3.63, 3.8) is 0 Å². The molecule has 3 atom stereocenters. The van der Waals surface area contributed by atoms with Crippen molar-refractivity contribution in [2.45, 2.75) is 39.3 Å². The lowest BCUT2D eigenvalue weighted by molar-refractivity contribution is 0.0652. The Morgan fingerprint density at radius 3 is 2.77 bits per heavy atom. The minimum absolute atomic E-state index is 0.0179. The zero-order valence-electron chi connectivity index (χ0n) is 18.3. The van der Waals surface area contributed by atoms with Crippen LogP contribution in [-0.4, -0.2) is 31.7 Å². The molecule has 2 aromatic carbocycles. The molecule has 2 aromatic rings. The van der Waals surface area contributed by atoms with Crippen LogP contribution in [0.1, 0.15) is 54.8 Å². The largest absolute Gasteiger partial charge is 0.494 e. The molecule has 0 spiro atoms. The third-order valence-electron chi connectivity index (χ3n) is 6.34. The molecule has 0 aromatic heterocycles. The molecule has 0 aliphatic carbocycles. The van der Waals surface area contributed by atoms with E-state index in [2.05, 4.69) is 30.6 Å². The maximum atomic E-state index is 12.7. The molecular weight excluding hydrogens is 390 g/mol. The number of benzene rings is 2. The van der Waals surface area contributed by atoms with Gasteiger partial charge in [0.05, 0.1) is 24.3 Å². The second-order valence-electron chi connectivity index (χ2n) is 8.91. The first-order chi connectivity index (χ1) is 14.9. The van der Waals surface area contributed by atoms with Gasteiger partial charge in [-0.05, 0) is 55.8 Å². The third kappa shape index (κ3) is 4.24. The van der Waals surface area contributed by atoms with E-state index in [1.165, 1.54) is 0 Å². The third-order valence-corrected chi connectivity index (χ3v) is 6.34. The number of anilines is 1. The summed E-state index contributed by atoms with van der Waals surface area (Å²) >= 11 is 0. The molecule has 0 radical (unpaired) electrons. The Kier molecular flexibility index (Phi) is 5.88.